The van der Waals surface area contributed by atoms with Gasteiger partial charge in [0.2, 0.25) is 5.91 Å². The molecule has 3 rings (SSSR count). The van der Waals surface area contributed by atoms with Crippen molar-refractivity contribution >= 4 is 23.4 Å². The van der Waals surface area contributed by atoms with Gasteiger partial charge in [0.15, 0.2) is 6.61 Å². The van der Waals surface area contributed by atoms with Gasteiger partial charge in [0.25, 0.3) is 5.91 Å². The number of para-hydroxylation sites is 1. The van der Waals surface area contributed by atoms with E-state index >= 15 is 0 Å². The number of ether oxygens (including phenoxy) is 1. The standard InChI is InChI=1S/C22H25ClN2O3/c1-24(15-17-7-9-19(23)10-8-17)22(27)18-11-13-25(14-12-18)21(26)16-28-20-5-3-2-4-6-20/h2-10,18H,11-16H2,1H3. The lowest BCUT2D eigenvalue weighted by atomic mass is 9.95. The molecule has 0 saturated carbocycles. The molecule has 1 heterocycles. The molecule has 1 fully saturated rings. The van der Waals surface area contributed by atoms with E-state index in [0.717, 1.165) is 5.56 Å². The molecule has 28 heavy (non-hydrogen) atoms. The van der Waals surface area contributed by atoms with Crippen molar-refractivity contribution in [2.75, 3.05) is 26.7 Å². The number of piperidine rings is 1. The van der Waals surface area contributed by atoms with E-state index in [1.165, 1.54) is 0 Å². The van der Waals surface area contributed by atoms with E-state index < -0.39 is 0 Å². The van der Waals surface area contributed by atoms with Crippen LogP contribution in [-0.4, -0.2) is 48.4 Å². The maximum absolute atomic E-state index is 12.7. The van der Waals surface area contributed by atoms with Gasteiger partial charge >= 0.3 is 0 Å². The van der Waals surface area contributed by atoms with Crippen LogP contribution in [0.5, 0.6) is 5.75 Å². The van der Waals surface area contributed by atoms with Crippen LogP contribution in [-0.2, 0) is 16.1 Å². The second kappa shape index (κ2) is 9.60. The molecule has 5 nitrogen and oxygen atoms in total. The fourth-order valence-electron chi connectivity index (χ4n) is 3.38. The van der Waals surface area contributed by atoms with Gasteiger partial charge in [0.1, 0.15) is 5.75 Å². The lowest BCUT2D eigenvalue weighted by Gasteiger charge is -2.33. The molecule has 0 spiro atoms. The zero-order chi connectivity index (χ0) is 19.9. The molecule has 0 N–H and O–H groups in total. The number of halogens is 1. The largest absolute Gasteiger partial charge is 0.484 e. The number of hydrogen-bond acceptors (Lipinski definition) is 3. The van der Waals surface area contributed by atoms with Crippen LogP contribution in [0.1, 0.15) is 18.4 Å². The average molecular weight is 401 g/mol. The van der Waals surface area contributed by atoms with E-state index in [2.05, 4.69) is 0 Å². The smallest absolute Gasteiger partial charge is 0.260 e. The Labute approximate surface area is 170 Å². The fourth-order valence-corrected chi connectivity index (χ4v) is 3.51. The summed E-state index contributed by atoms with van der Waals surface area (Å²) in [5.41, 5.74) is 1.05. The highest BCUT2D eigenvalue weighted by atomic mass is 35.5. The van der Waals surface area contributed by atoms with E-state index in [1.54, 1.807) is 9.80 Å². The third-order valence-electron chi connectivity index (χ3n) is 5.01. The lowest BCUT2D eigenvalue weighted by Crippen LogP contribution is -2.44. The van der Waals surface area contributed by atoms with E-state index in [4.69, 9.17) is 16.3 Å². The van der Waals surface area contributed by atoms with E-state index in [0.29, 0.717) is 43.2 Å². The van der Waals surface area contributed by atoms with Gasteiger partial charge in [-0.3, -0.25) is 9.59 Å². The molecule has 0 unspecified atom stereocenters. The van der Waals surface area contributed by atoms with E-state index in [1.807, 2.05) is 61.6 Å². The van der Waals surface area contributed by atoms with Gasteiger partial charge < -0.3 is 14.5 Å². The number of benzene rings is 2. The molecule has 6 heteroatoms. The molecule has 0 radical (unpaired) electrons. The summed E-state index contributed by atoms with van der Waals surface area (Å²) in [6, 6.07) is 16.8. The van der Waals surface area contributed by atoms with Crippen LogP contribution in [0.15, 0.2) is 54.6 Å². The molecule has 0 aliphatic carbocycles. The Morgan fingerprint density at radius 1 is 1.07 bits per heavy atom. The Balaban J connectivity index is 1.44. The summed E-state index contributed by atoms with van der Waals surface area (Å²) in [5, 5.41) is 0.686. The molecule has 1 aliphatic rings. The second-order valence-electron chi connectivity index (χ2n) is 7.08. The van der Waals surface area contributed by atoms with Gasteiger partial charge in [-0.1, -0.05) is 41.9 Å². The van der Waals surface area contributed by atoms with Crippen molar-refractivity contribution in [1.82, 2.24) is 9.80 Å². The predicted octanol–water partition coefficient (Wildman–Crippen LogP) is 3.62. The molecule has 0 aromatic heterocycles. The van der Waals surface area contributed by atoms with Crippen molar-refractivity contribution < 1.29 is 14.3 Å². The van der Waals surface area contributed by atoms with Crippen molar-refractivity contribution in [3.8, 4) is 5.75 Å². The number of carbonyl (C=O) groups excluding carboxylic acids is 2. The topological polar surface area (TPSA) is 49.9 Å². The monoisotopic (exact) mass is 400 g/mol. The molecule has 148 valence electrons. The van der Waals surface area contributed by atoms with Gasteiger partial charge in [-0.15, -0.1) is 0 Å². The summed E-state index contributed by atoms with van der Waals surface area (Å²) in [6.07, 6.45) is 1.36. The molecule has 0 atom stereocenters. The molecule has 1 saturated heterocycles. The number of likely N-dealkylation sites (tertiary alicyclic amines) is 1. The normalized spacial score (nSPS) is 14.6. The molecule has 2 amide bonds. The second-order valence-corrected chi connectivity index (χ2v) is 7.51. The minimum Gasteiger partial charge on any atom is -0.484 e. The molecule has 0 bridgehead atoms. The Hall–Kier alpha value is -2.53. The quantitative estimate of drug-likeness (QED) is 0.744. The first-order valence-corrected chi connectivity index (χ1v) is 9.86. The maximum Gasteiger partial charge on any atom is 0.260 e. The van der Waals surface area contributed by atoms with Crippen LogP contribution in [0.4, 0.5) is 0 Å². The predicted molar refractivity (Wildman–Crippen MR) is 109 cm³/mol. The number of hydrogen-bond donors (Lipinski definition) is 0. The Morgan fingerprint density at radius 2 is 1.71 bits per heavy atom. The van der Waals surface area contributed by atoms with Gasteiger partial charge in [0, 0.05) is 37.6 Å². The first kappa shape index (κ1) is 20.2. The Bertz CT molecular complexity index is 787. The number of rotatable bonds is 6. The lowest BCUT2D eigenvalue weighted by molar-refractivity contribution is -0.141. The first-order valence-electron chi connectivity index (χ1n) is 9.48. The minimum atomic E-state index is -0.0450. The molecule has 2 aromatic carbocycles. The summed E-state index contributed by atoms with van der Waals surface area (Å²) in [7, 11) is 1.82. The van der Waals surface area contributed by atoms with Crippen LogP contribution in [0.3, 0.4) is 0 Å². The van der Waals surface area contributed by atoms with Gasteiger partial charge in [-0.05, 0) is 42.7 Å². The summed E-state index contributed by atoms with van der Waals surface area (Å²) >= 11 is 5.91. The zero-order valence-corrected chi connectivity index (χ0v) is 16.8. The number of nitrogens with zero attached hydrogens (tertiary/aromatic N) is 2. The number of carbonyl (C=O) groups is 2. The number of amides is 2. The third-order valence-corrected chi connectivity index (χ3v) is 5.26. The van der Waals surface area contributed by atoms with Crippen molar-refractivity contribution in [2.24, 2.45) is 5.92 Å². The van der Waals surface area contributed by atoms with Crippen LogP contribution < -0.4 is 4.74 Å². The van der Waals surface area contributed by atoms with Crippen LogP contribution >= 0.6 is 11.6 Å². The summed E-state index contributed by atoms with van der Waals surface area (Å²) in [6.45, 7) is 1.75. The Kier molecular flexibility index (Phi) is 6.93. The van der Waals surface area contributed by atoms with Crippen molar-refractivity contribution in [1.29, 1.82) is 0 Å². The third kappa shape index (κ3) is 5.49. The molecule has 1 aliphatic heterocycles. The Morgan fingerprint density at radius 3 is 2.36 bits per heavy atom. The highest BCUT2D eigenvalue weighted by Gasteiger charge is 2.29. The van der Waals surface area contributed by atoms with Gasteiger partial charge in [-0.2, -0.15) is 0 Å². The van der Waals surface area contributed by atoms with Crippen molar-refractivity contribution in [3.05, 3.63) is 65.2 Å². The molecular formula is C22H25ClN2O3. The maximum atomic E-state index is 12.7. The average Bonchev–Trinajstić information content (AvgIpc) is 2.74. The van der Waals surface area contributed by atoms with Crippen molar-refractivity contribution in [2.45, 2.75) is 19.4 Å². The van der Waals surface area contributed by atoms with E-state index in [9.17, 15) is 9.59 Å². The van der Waals surface area contributed by atoms with Crippen molar-refractivity contribution in [3.63, 3.8) is 0 Å². The van der Waals surface area contributed by atoms with Gasteiger partial charge in [0.05, 0.1) is 0 Å². The van der Waals surface area contributed by atoms with Crippen LogP contribution in [0.25, 0.3) is 0 Å². The SMILES string of the molecule is CN(Cc1ccc(Cl)cc1)C(=O)C1CCN(C(=O)COc2ccccc2)CC1. The first-order chi connectivity index (χ1) is 13.5. The van der Waals surface area contributed by atoms with Crippen LogP contribution in [0.2, 0.25) is 5.02 Å². The zero-order valence-electron chi connectivity index (χ0n) is 16.0. The summed E-state index contributed by atoms with van der Waals surface area (Å²) < 4.78 is 5.53. The molecule has 2 aromatic rings. The highest BCUT2D eigenvalue weighted by Crippen LogP contribution is 2.21. The van der Waals surface area contributed by atoms with Gasteiger partial charge in [-0.25, -0.2) is 0 Å². The minimum absolute atomic E-state index is 0.0269. The highest BCUT2D eigenvalue weighted by molar-refractivity contribution is 6.30. The summed E-state index contributed by atoms with van der Waals surface area (Å²) in [5.74, 6) is 0.730. The fraction of sp³-hybridized carbons (Fsp3) is 0.364. The van der Waals surface area contributed by atoms with Crippen LogP contribution in [0, 0.1) is 5.92 Å². The molecular weight excluding hydrogens is 376 g/mol. The summed E-state index contributed by atoms with van der Waals surface area (Å²) in [4.78, 5) is 28.6. The van der Waals surface area contributed by atoms with E-state index in [-0.39, 0.29) is 24.3 Å².